The third-order valence-corrected chi connectivity index (χ3v) is 19.0. The van der Waals surface area contributed by atoms with Crippen molar-refractivity contribution in [1.82, 2.24) is 0 Å². The van der Waals surface area contributed by atoms with Crippen LogP contribution in [0.1, 0.15) is 357 Å². The Balaban J connectivity index is 5.30. The van der Waals surface area contributed by atoms with Gasteiger partial charge in [-0.1, -0.05) is 304 Å². The van der Waals surface area contributed by atoms with Gasteiger partial charge in [0.1, 0.15) is 19.3 Å². The first-order valence-electron chi connectivity index (χ1n) is 38.2. The maximum Gasteiger partial charge on any atom is 0.472 e. The molecule has 0 aliphatic heterocycles. The molecule has 6 atom stereocenters. The van der Waals surface area contributed by atoms with Crippen molar-refractivity contribution >= 4 is 39.5 Å². The van der Waals surface area contributed by atoms with E-state index in [1.54, 1.807) is 0 Å². The molecular weight excluding hydrogens is 1230 g/mol. The fourth-order valence-electron chi connectivity index (χ4n) is 10.9. The van der Waals surface area contributed by atoms with Crippen LogP contribution in [-0.4, -0.2) is 96.7 Å². The third-order valence-electron chi connectivity index (χ3n) is 17.1. The van der Waals surface area contributed by atoms with E-state index in [1.165, 1.54) is 148 Å². The highest BCUT2D eigenvalue weighted by Crippen LogP contribution is 2.45. The highest BCUT2D eigenvalue weighted by atomic mass is 31.2. The molecule has 17 nitrogen and oxygen atoms in total. The molecule has 0 fully saturated rings. The third kappa shape index (κ3) is 66.8. The number of hydrogen-bond donors (Lipinski definition) is 3. The highest BCUT2D eigenvalue weighted by molar-refractivity contribution is 7.47. The summed E-state index contributed by atoms with van der Waals surface area (Å²) < 4.78 is 68.4. The molecule has 0 aliphatic carbocycles. The van der Waals surface area contributed by atoms with Gasteiger partial charge in [-0.3, -0.25) is 37.3 Å². The van der Waals surface area contributed by atoms with Crippen molar-refractivity contribution < 1.29 is 80.2 Å². The molecule has 94 heavy (non-hydrogen) atoms. The van der Waals surface area contributed by atoms with Crippen molar-refractivity contribution in [3.63, 3.8) is 0 Å². The summed E-state index contributed by atoms with van der Waals surface area (Å²) in [5, 5.41) is 10.6. The second kappa shape index (κ2) is 65.2. The summed E-state index contributed by atoms with van der Waals surface area (Å²) in [6.07, 6.45) is 53.5. The Bertz CT molecular complexity index is 1930. The van der Waals surface area contributed by atoms with Gasteiger partial charge in [-0.15, -0.1) is 0 Å². The molecule has 0 aromatic heterocycles. The molecule has 0 saturated carbocycles. The van der Waals surface area contributed by atoms with E-state index in [0.717, 1.165) is 127 Å². The fraction of sp³-hybridized carbons (Fsp3) is 0.893. The first-order valence-corrected chi connectivity index (χ1v) is 41.2. The number of hydrogen-bond acceptors (Lipinski definition) is 15. The number of allylic oxidation sites excluding steroid dienone is 4. The number of unbranched alkanes of at least 4 members (excludes halogenated alkanes) is 35. The second-order valence-corrected chi connectivity index (χ2v) is 30.5. The van der Waals surface area contributed by atoms with Crippen molar-refractivity contribution in [2.75, 3.05) is 39.6 Å². The van der Waals surface area contributed by atoms with Gasteiger partial charge in [-0.05, 0) is 69.1 Å². The summed E-state index contributed by atoms with van der Waals surface area (Å²) in [6.45, 7) is 11.8. The maximum atomic E-state index is 13.1. The SMILES string of the molecule is CCCCCC/C=C\C=C/CCCCCCCC(=O)O[C@H](COC(=O)CCCCCCCCCCCCCC(C)C)COP(=O)(O)OC[C@@H](O)COP(=O)(O)OC[C@@H](COC(=O)CCCCCCCCC(C)CC)OC(=O)CCCCCCCCCCCCCCC(C)C. The smallest absolute Gasteiger partial charge is 0.462 e. The van der Waals surface area contributed by atoms with Gasteiger partial charge in [-0.25, -0.2) is 9.13 Å². The first-order chi connectivity index (χ1) is 45.3. The van der Waals surface area contributed by atoms with Crippen molar-refractivity contribution in [2.45, 2.75) is 375 Å². The van der Waals surface area contributed by atoms with E-state index in [1.807, 2.05) is 0 Å². The zero-order valence-electron chi connectivity index (χ0n) is 60.9. The summed E-state index contributed by atoms with van der Waals surface area (Å²) in [5.41, 5.74) is 0. The lowest BCUT2D eigenvalue weighted by atomic mass is 10.00. The van der Waals surface area contributed by atoms with E-state index in [2.05, 4.69) is 72.8 Å². The van der Waals surface area contributed by atoms with E-state index < -0.39 is 97.5 Å². The van der Waals surface area contributed by atoms with Crippen LogP contribution in [0.4, 0.5) is 0 Å². The van der Waals surface area contributed by atoms with Crippen molar-refractivity contribution in [1.29, 1.82) is 0 Å². The van der Waals surface area contributed by atoms with Gasteiger partial charge in [0, 0.05) is 25.7 Å². The van der Waals surface area contributed by atoms with Gasteiger partial charge in [0.2, 0.25) is 0 Å². The molecule has 0 spiro atoms. The molecule has 0 rings (SSSR count). The van der Waals surface area contributed by atoms with Gasteiger partial charge in [0.25, 0.3) is 0 Å². The Labute approximate surface area is 573 Å². The Morgan fingerprint density at radius 2 is 0.628 bits per heavy atom. The van der Waals surface area contributed by atoms with E-state index in [-0.39, 0.29) is 25.7 Å². The number of rotatable bonds is 71. The molecule has 0 radical (unpaired) electrons. The highest BCUT2D eigenvalue weighted by Gasteiger charge is 2.30. The van der Waals surface area contributed by atoms with Crippen LogP contribution in [0.15, 0.2) is 24.3 Å². The number of ether oxygens (including phenoxy) is 4. The Hall–Kier alpha value is -2.46. The average molecular weight is 1380 g/mol. The molecule has 0 heterocycles. The van der Waals surface area contributed by atoms with Crippen LogP contribution < -0.4 is 0 Å². The van der Waals surface area contributed by atoms with Crippen LogP contribution in [0.2, 0.25) is 0 Å². The predicted octanol–water partition coefficient (Wildman–Crippen LogP) is 21.3. The van der Waals surface area contributed by atoms with Gasteiger partial charge in [0.15, 0.2) is 12.2 Å². The van der Waals surface area contributed by atoms with Crippen molar-refractivity contribution in [2.24, 2.45) is 17.8 Å². The minimum atomic E-state index is -4.96. The molecule has 0 aliphatic rings. The maximum absolute atomic E-state index is 13.1. The van der Waals surface area contributed by atoms with Crippen LogP contribution in [0.5, 0.6) is 0 Å². The fourth-order valence-corrected chi connectivity index (χ4v) is 12.4. The number of phosphoric acid groups is 2. The number of aliphatic hydroxyl groups excluding tert-OH is 1. The number of phosphoric ester groups is 2. The zero-order chi connectivity index (χ0) is 69.4. The molecular formula is C75H142O17P2. The summed E-state index contributed by atoms with van der Waals surface area (Å²) in [4.78, 5) is 72.8. The monoisotopic (exact) mass is 1380 g/mol. The quantitative estimate of drug-likeness (QED) is 0.0169. The predicted molar refractivity (Wildman–Crippen MR) is 381 cm³/mol. The largest absolute Gasteiger partial charge is 0.472 e. The second-order valence-electron chi connectivity index (χ2n) is 27.5. The summed E-state index contributed by atoms with van der Waals surface area (Å²) in [5.74, 6) is 0.122. The van der Waals surface area contributed by atoms with Gasteiger partial charge < -0.3 is 33.8 Å². The molecule has 0 saturated heterocycles. The van der Waals surface area contributed by atoms with E-state index in [4.69, 9.17) is 37.0 Å². The molecule has 0 aromatic rings. The van der Waals surface area contributed by atoms with Crippen LogP contribution in [0.25, 0.3) is 0 Å². The number of esters is 4. The van der Waals surface area contributed by atoms with Crippen LogP contribution in [0, 0.1) is 17.8 Å². The van der Waals surface area contributed by atoms with Crippen LogP contribution in [-0.2, 0) is 65.4 Å². The summed E-state index contributed by atoms with van der Waals surface area (Å²) in [7, 11) is -9.92. The Morgan fingerprint density at radius 1 is 0.351 bits per heavy atom. The normalized spacial score (nSPS) is 14.6. The zero-order valence-corrected chi connectivity index (χ0v) is 62.7. The van der Waals surface area contributed by atoms with Gasteiger partial charge >= 0.3 is 39.5 Å². The lowest BCUT2D eigenvalue weighted by molar-refractivity contribution is -0.161. The first kappa shape index (κ1) is 91.5. The molecule has 19 heteroatoms. The summed E-state index contributed by atoms with van der Waals surface area (Å²) >= 11 is 0. The van der Waals surface area contributed by atoms with Gasteiger partial charge in [-0.2, -0.15) is 0 Å². The van der Waals surface area contributed by atoms with Gasteiger partial charge in [0.05, 0.1) is 26.4 Å². The average Bonchev–Trinajstić information content (AvgIpc) is 2.00. The molecule has 3 N–H and O–H groups in total. The standard InChI is InChI=1S/C75H142O17P2/c1-8-10-11-12-13-14-15-16-17-18-24-30-35-44-51-58-74(79)91-70(62-85-72(77)56-49-42-34-29-26-21-23-28-33-40-47-54-67(5)6)64-89-93(81,82)87-60-69(76)61-88-94(83,84)90-65-71(63-86-73(78)57-50-43-38-37-41-48-55-68(7)9-2)92-75(80)59-52-45-36-31-25-20-19-22-27-32-39-46-53-66(3)4/h14-17,66-71,76H,8-13,18-65H2,1-7H3,(H,81,82)(H,83,84)/b15-14-,17-16-/t68?,69-,70-,71-/m1/s1. The molecule has 0 aromatic carbocycles. The van der Waals surface area contributed by atoms with E-state index >= 15 is 0 Å². The van der Waals surface area contributed by atoms with Crippen molar-refractivity contribution in [3.05, 3.63) is 24.3 Å². The van der Waals surface area contributed by atoms with Crippen LogP contribution in [0.3, 0.4) is 0 Å². The minimum absolute atomic E-state index is 0.0845. The molecule has 0 bridgehead atoms. The lowest BCUT2D eigenvalue weighted by Crippen LogP contribution is -2.30. The topological polar surface area (TPSA) is 237 Å². The molecule has 554 valence electrons. The van der Waals surface area contributed by atoms with Crippen molar-refractivity contribution in [3.8, 4) is 0 Å². The number of carbonyl (C=O) groups is 4. The van der Waals surface area contributed by atoms with Crippen LogP contribution >= 0.6 is 15.6 Å². The van der Waals surface area contributed by atoms with E-state index in [9.17, 15) is 43.2 Å². The Kier molecular flexibility index (Phi) is 63.5. The minimum Gasteiger partial charge on any atom is -0.462 e. The lowest BCUT2D eigenvalue weighted by Gasteiger charge is -2.21. The Morgan fingerprint density at radius 3 is 0.947 bits per heavy atom. The molecule has 0 amide bonds. The number of aliphatic hydroxyl groups is 1. The summed E-state index contributed by atoms with van der Waals surface area (Å²) in [6, 6.07) is 0. The number of carbonyl (C=O) groups excluding carboxylic acids is 4. The molecule has 3 unspecified atom stereocenters. The van der Waals surface area contributed by atoms with E-state index in [0.29, 0.717) is 25.7 Å².